The third kappa shape index (κ3) is 1.90. The van der Waals surface area contributed by atoms with E-state index in [1.54, 1.807) is 0 Å². The molecule has 0 fully saturated rings. The average molecular weight is 451 g/mol. The predicted molar refractivity (Wildman–Crippen MR) is 158 cm³/mol. The van der Waals surface area contributed by atoms with Crippen molar-refractivity contribution in [3.63, 3.8) is 0 Å². The highest BCUT2D eigenvalue weighted by molar-refractivity contribution is 6.40. The van der Waals surface area contributed by atoms with Gasteiger partial charge >= 0.3 is 0 Å². The van der Waals surface area contributed by atoms with Gasteiger partial charge in [-0.05, 0) is 127 Å². The minimum atomic E-state index is 1.32. The molecule has 0 heterocycles. The van der Waals surface area contributed by atoms with Crippen molar-refractivity contribution < 1.29 is 0 Å². The normalized spacial score (nSPS) is 13.0. The van der Waals surface area contributed by atoms with Crippen LogP contribution in [0.5, 0.6) is 0 Å². The van der Waals surface area contributed by atoms with Crippen molar-refractivity contribution in [2.45, 2.75) is 0 Å². The van der Waals surface area contributed by atoms with Gasteiger partial charge in [-0.1, -0.05) is 78.9 Å². The Bertz CT molecular complexity index is 2510. The number of rotatable bonds is 0. The lowest BCUT2D eigenvalue weighted by atomic mass is 9.92. The van der Waals surface area contributed by atoms with Crippen LogP contribution in [-0.4, -0.2) is 0 Å². The van der Waals surface area contributed by atoms with Gasteiger partial charge in [0.15, 0.2) is 0 Å². The molecule has 0 aliphatic heterocycles. The molecule has 0 unspecified atom stereocenters. The predicted octanol–water partition coefficient (Wildman–Crippen LogP) is 10.4. The maximum absolute atomic E-state index is 2.44. The first-order chi connectivity index (χ1) is 17.8. The van der Waals surface area contributed by atoms with E-state index in [1.165, 1.54) is 97.0 Å². The van der Waals surface area contributed by atoms with Crippen LogP contribution in [0.4, 0.5) is 0 Å². The molecule has 10 aromatic carbocycles. The highest BCUT2D eigenvalue weighted by Crippen LogP contribution is 2.47. The molecule has 0 saturated heterocycles. The largest absolute Gasteiger partial charge is 0.0610 e. The van der Waals surface area contributed by atoms with Crippen molar-refractivity contribution in [1.29, 1.82) is 0 Å². The van der Waals surface area contributed by atoms with E-state index in [9.17, 15) is 0 Å². The Hall–Kier alpha value is -4.68. The summed E-state index contributed by atoms with van der Waals surface area (Å²) < 4.78 is 0. The molecule has 0 nitrogen and oxygen atoms in total. The molecule has 0 heteroatoms. The van der Waals surface area contributed by atoms with Gasteiger partial charge in [0.1, 0.15) is 0 Å². The van der Waals surface area contributed by atoms with E-state index in [2.05, 4.69) is 109 Å². The summed E-state index contributed by atoms with van der Waals surface area (Å²) in [6.07, 6.45) is 0. The Morgan fingerprint density at radius 1 is 0.222 bits per heavy atom. The standard InChI is InChI=1S/C36H18/c1-4-20-10-11-21-12-13-27-30-17-23-15-28-25-8-2-5-19-6-3-9-26(34(19)25)29(28)16-24(23)18-31(30)32-14-22(7-1)33(20)35(21)36(27)32/h1-18H. The zero-order valence-electron chi connectivity index (χ0n) is 19.4. The van der Waals surface area contributed by atoms with E-state index in [-0.39, 0.29) is 0 Å². The molecule has 10 rings (SSSR count). The van der Waals surface area contributed by atoms with Gasteiger partial charge in [-0.15, -0.1) is 0 Å². The third-order valence-corrected chi connectivity index (χ3v) is 8.81. The van der Waals surface area contributed by atoms with Crippen LogP contribution in [0.3, 0.4) is 0 Å². The van der Waals surface area contributed by atoms with Crippen LogP contribution in [0.15, 0.2) is 109 Å². The molecule has 0 atom stereocenters. The van der Waals surface area contributed by atoms with Crippen LogP contribution in [0.1, 0.15) is 0 Å². The second kappa shape index (κ2) is 5.75. The van der Waals surface area contributed by atoms with Gasteiger partial charge in [0.2, 0.25) is 0 Å². The first-order valence-corrected chi connectivity index (χ1v) is 12.7. The maximum Gasteiger partial charge on any atom is -0.00137 e. The maximum atomic E-state index is 2.44. The zero-order chi connectivity index (χ0) is 23.1. The van der Waals surface area contributed by atoms with Crippen molar-refractivity contribution in [3.8, 4) is 0 Å². The van der Waals surface area contributed by atoms with Crippen molar-refractivity contribution in [2.75, 3.05) is 0 Å². The van der Waals surface area contributed by atoms with Gasteiger partial charge in [-0.25, -0.2) is 0 Å². The summed E-state index contributed by atoms with van der Waals surface area (Å²) in [7, 11) is 0. The lowest BCUT2D eigenvalue weighted by Gasteiger charge is -2.11. The fraction of sp³-hybridized carbons (Fsp3) is 0. The monoisotopic (exact) mass is 450 g/mol. The fourth-order valence-corrected chi connectivity index (χ4v) is 7.32. The highest BCUT2D eigenvalue weighted by atomic mass is 14.2. The summed E-state index contributed by atoms with van der Waals surface area (Å²) in [5.74, 6) is 0. The zero-order valence-corrected chi connectivity index (χ0v) is 19.4. The minimum Gasteiger partial charge on any atom is -0.0610 e. The van der Waals surface area contributed by atoms with Crippen LogP contribution < -0.4 is 0 Å². The van der Waals surface area contributed by atoms with Crippen molar-refractivity contribution in [2.24, 2.45) is 0 Å². The van der Waals surface area contributed by atoms with Crippen LogP contribution in [0.2, 0.25) is 0 Å². The van der Waals surface area contributed by atoms with Gasteiger partial charge in [0.25, 0.3) is 0 Å². The number of hydrogen-bond donors (Lipinski definition) is 0. The molecule has 0 saturated carbocycles. The summed E-state index contributed by atoms with van der Waals surface area (Å²) in [6, 6.07) is 41.5. The van der Waals surface area contributed by atoms with Gasteiger partial charge in [-0.3, -0.25) is 0 Å². The first-order valence-electron chi connectivity index (χ1n) is 12.7. The van der Waals surface area contributed by atoms with E-state index in [1.807, 2.05) is 0 Å². The minimum absolute atomic E-state index is 1.32. The quantitative estimate of drug-likeness (QED) is 0.202. The second-order valence-electron chi connectivity index (χ2n) is 10.5. The molecule has 0 N–H and O–H groups in total. The Labute approximate surface area is 206 Å². The van der Waals surface area contributed by atoms with E-state index in [0.717, 1.165) is 0 Å². The smallest absolute Gasteiger partial charge is 0.00137 e. The van der Waals surface area contributed by atoms with Crippen LogP contribution in [0.25, 0.3) is 97.0 Å². The molecule has 0 radical (unpaired) electrons. The molecule has 0 spiro atoms. The van der Waals surface area contributed by atoms with Crippen LogP contribution in [0, 0.1) is 0 Å². The Morgan fingerprint density at radius 3 is 1.33 bits per heavy atom. The topological polar surface area (TPSA) is 0 Å². The fourth-order valence-electron chi connectivity index (χ4n) is 7.32. The van der Waals surface area contributed by atoms with Gasteiger partial charge in [-0.2, -0.15) is 0 Å². The van der Waals surface area contributed by atoms with Gasteiger partial charge < -0.3 is 0 Å². The molecule has 36 heavy (non-hydrogen) atoms. The number of hydrogen-bond acceptors (Lipinski definition) is 0. The molecule has 0 amide bonds. The van der Waals surface area contributed by atoms with E-state index in [0.29, 0.717) is 0 Å². The Kier molecular flexibility index (Phi) is 2.83. The van der Waals surface area contributed by atoms with Crippen molar-refractivity contribution in [1.82, 2.24) is 0 Å². The average Bonchev–Trinajstić information content (AvgIpc) is 3.40. The van der Waals surface area contributed by atoms with Crippen LogP contribution in [-0.2, 0) is 0 Å². The Morgan fingerprint density at radius 2 is 0.667 bits per heavy atom. The molecular formula is C36H18. The summed E-state index contributed by atoms with van der Waals surface area (Å²) in [4.78, 5) is 0. The van der Waals surface area contributed by atoms with Crippen molar-refractivity contribution >= 4 is 97.0 Å². The van der Waals surface area contributed by atoms with Gasteiger partial charge in [0, 0.05) is 0 Å². The SMILES string of the molecule is c1cc2ccc3ccc4c5cc6cc7c(cc6cc5c5cc(c1)c2c3c45)c1cccc2cccc7c21. The lowest BCUT2D eigenvalue weighted by molar-refractivity contribution is 1.83. The molecule has 0 aromatic heterocycles. The molecule has 0 bridgehead atoms. The molecule has 162 valence electrons. The van der Waals surface area contributed by atoms with E-state index < -0.39 is 0 Å². The molecule has 10 aromatic rings. The van der Waals surface area contributed by atoms with E-state index >= 15 is 0 Å². The number of fused-ring (bicyclic) bond motifs is 7. The summed E-state index contributed by atoms with van der Waals surface area (Å²) in [6.45, 7) is 0. The summed E-state index contributed by atoms with van der Waals surface area (Å²) in [5.41, 5.74) is 0. The van der Waals surface area contributed by atoms with E-state index in [4.69, 9.17) is 0 Å². The second-order valence-corrected chi connectivity index (χ2v) is 10.5. The lowest BCUT2D eigenvalue weighted by Crippen LogP contribution is -1.83. The summed E-state index contributed by atoms with van der Waals surface area (Å²) >= 11 is 0. The molecule has 0 aliphatic carbocycles. The number of benzene rings is 8. The van der Waals surface area contributed by atoms with Crippen molar-refractivity contribution in [3.05, 3.63) is 109 Å². The molecule has 0 aliphatic rings. The molecular weight excluding hydrogens is 432 g/mol. The first kappa shape index (κ1) is 17.7. The third-order valence-electron chi connectivity index (χ3n) is 8.81. The van der Waals surface area contributed by atoms with Crippen LogP contribution >= 0.6 is 0 Å². The van der Waals surface area contributed by atoms with Gasteiger partial charge in [0.05, 0.1) is 0 Å². The summed E-state index contributed by atoms with van der Waals surface area (Å²) in [5, 5.41) is 24.5. The Balaban J connectivity index is 1.44. The highest BCUT2D eigenvalue weighted by Gasteiger charge is 2.19.